The lowest BCUT2D eigenvalue weighted by Crippen LogP contribution is -2.29. The van der Waals surface area contributed by atoms with Crippen molar-refractivity contribution in [2.24, 2.45) is 0 Å². The minimum absolute atomic E-state index is 0.265. The molecule has 2 rings (SSSR count). The van der Waals surface area contributed by atoms with E-state index >= 15 is 0 Å². The highest BCUT2D eigenvalue weighted by Gasteiger charge is 2.21. The number of benzene rings is 2. The summed E-state index contributed by atoms with van der Waals surface area (Å²) in [6.45, 7) is 9.90. The standard InChI is InChI=1S/C21H26O3/c1-15-7-6-8-18(13-15)20-10-9-19(14-16(20)2)23-12-11-21(4,5)24-17(3)22/h6-10,13-14H,11-12H2,1-5H3. The Morgan fingerprint density at radius 1 is 1.08 bits per heavy atom. The molecule has 0 aromatic heterocycles. The van der Waals surface area contributed by atoms with E-state index in [4.69, 9.17) is 9.47 Å². The Balaban J connectivity index is 2.01. The first kappa shape index (κ1) is 18.1. The molecule has 0 unspecified atom stereocenters. The maximum absolute atomic E-state index is 11.1. The molecule has 3 nitrogen and oxygen atoms in total. The van der Waals surface area contributed by atoms with Gasteiger partial charge in [0.05, 0.1) is 6.61 Å². The Labute approximate surface area is 144 Å². The molecule has 0 heterocycles. The van der Waals surface area contributed by atoms with Crippen molar-refractivity contribution in [3.63, 3.8) is 0 Å². The number of hydrogen-bond acceptors (Lipinski definition) is 3. The highest BCUT2D eigenvalue weighted by atomic mass is 16.6. The molecule has 0 spiro atoms. The van der Waals surface area contributed by atoms with Gasteiger partial charge >= 0.3 is 5.97 Å². The van der Waals surface area contributed by atoms with E-state index in [9.17, 15) is 4.79 Å². The smallest absolute Gasteiger partial charge is 0.303 e. The number of rotatable bonds is 6. The fourth-order valence-electron chi connectivity index (χ4n) is 2.72. The van der Waals surface area contributed by atoms with E-state index < -0.39 is 5.60 Å². The first-order chi connectivity index (χ1) is 11.3. The summed E-state index contributed by atoms with van der Waals surface area (Å²) in [4.78, 5) is 11.1. The Bertz CT molecular complexity index is 717. The van der Waals surface area contributed by atoms with Gasteiger partial charge in [-0.25, -0.2) is 0 Å². The molecule has 0 atom stereocenters. The summed E-state index contributed by atoms with van der Waals surface area (Å²) < 4.78 is 11.1. The lowest BCUT2D eigenvalue weighted by atomic mass is 9.99. The van der Waals surface area contributed by atoms with E-state index in [0.717, 1.165) is 5.75 Å². The predicted octanol–water partition coefficient (Wildman–Crippen LogP) is 5.08. The van der Waals surface area contributed by atoms with Gasteiger partial charge in [0.2, 0.25) is 0 Å². The molecule has 0 N–H and O–H groups in total. The fourth-order valence-corrected chi connectivity index (χ4v) is 2.72. The first-order valence-corrected chi connectivity index (χ1v) is 8.27. The van der Waals surface area contributed by atoms with Crippen molar-refractivity contribution >= 4 is 5.97 Å². The normalized spacial score (nSPS) is 11.2. The van der Waals surface area contributed by atoms with Gasteiger partial charge in [-0.1, -0.05) is 35.9 Å². The third kappa shape index (κ3) is 5.12. The van der Waals surface area contributed by atoms with Crippen molar-refractivity contribution in [2.75, 3.05) is 6.61 Å². The van der Waals surface area contributed by atoms with Crippen molar-refractivity contribution in [3.05, 3.63) is 53.6 Å². The van der Waals surface area contributed by atoms with Crippen molar-refractivity contribution in [2.45, 2.75) is 46.6 Å². The topological polar surface area (TPSA) is 35.5 Å². The van der Waals surface area contributed by atoms with Crippen LogP contribution in [0.4, 0.5) is 0 Å². The summed E-state index contributed by atoms with van der Waals surface area (Å²) in [7, 11) is 0. The Kier molecular flexibility index (Phi) is 5.66. The van der Waals surface area contributed by atoms with Gasteiger partial charge in [-0.15, -0.1) is 0 Å². The van der Waals surface area contributed by atoms with E-state index in [2.05, 4.69) is 50.2 Å². The third-order valence-corrected chi connectivity index (χ3v) is 3.92. The molecule has 128 valence electrons. The molecular weight excluding hydrogens is 300 g/mol. The zero-order valence-corrected chi connectivity index (χ0v) is 15.2. The summed E-state index contributed by atoms with van der Waals surface area (Å²) in [5.74, 6) is 0.570. The largest absolute Gasteiger partial charge is 0.493 e. The molecule has 0 radical (unpaired) electrons. The Morgan fingerprint density at radius 3 is 2.46 bits per heavy atom. The second kappa shape index (κ2) is 7.52. The van der Waals surface area contributed by atoms with E-state index in [1.165, 1.54) is 29.2 Å². The molecule has 0 fully saturated rings. The summed E-state index contributed by atoms with van der Waals surface area (Å²) in [5, 5.41) is 0. The molecule has 0 aliphatic carbocycles. The summed E-state index contributed by atoms with van der Waals surface area (Å²) in [6, 6.07) is 14.6. The van der Waals surface area contributed by atoms with Crippen LogP contribution in [0, 0.1) is 13.8 Å². The molecule has 3 heteroatoms. The van der Waals surface area contributed by atoms with Crippen LogP contribution >= 0.6 is 0 Å². The number of ether oxygens (including phenoxy) is 2. The molecule has 0 bridgehead atoms. The monoisotopic (exact) mass is 326 g/mol. The van der Waals surface area contributed by atoms with Gasteiger partial charge in [-0.3, -0.25) is 4.79 Å². The van der Waals surface area contributed by atoms with Gasteiger partial charge in [0, 0.05) is 13.3 Å². The lowest BCUT2D eigenvalue weighted by molar-refractivity contribution is -0.154. The van der Waals surface area contributed by atoms with E-state index in [-0.39, 0.29) is 5.97 Å². The van der Waals surface area contributed by atoms with Crippen molar-refractivity contribution < 1.29 is 14.3 Å². The summed E-state index contributed by atoms with van der Waals surface area (Å²) in [5.41, 5.74) is 4.35. The lowest BCUT2D eigenvalue weighted by Gasteiger charge is -2.24. The zero-order chi connectivity index (χ0) is 17.7. The number of hydrogen-bond donors (Lipinski definition) is 0. The third-order valence-electron chi connectivity index (χ3n) is 3.92. The van der Waals surface area contributed by atoms with Crippen LogP contribution in [0.1, 0.15) is 38.3 Å². The molecule has 0 saturated heterocycles. The van der Waals surface area contributed by atoms with Crippen LogP contribution in [0.25, 0.3) is 11.1 Å². The van der Waals surface area contributed by atoms with Crippen molar-refractivity contribution in [1.29, 1.82) is 0 Å². The van der Waals surface area contributed by atoms with Crippen LogP contribution in [0.15, 0.2) is 42.5 Å². The molecule has 0 aliphatic heterocycles. The second-order valence-corrected chi connectivity index (χ2v) is 6.80. The molecule has 24 heavy (non-hydrogen) atoms. The summed E-state index contributed by atoms with van der Waals surface area (Å²) in [6.07, 6.45) is 0.644. The highest BCUT2D eigenvalue weighted by Crippen LogP contribution is 2.28. The second-order valence-electron chi connectivity index (χ2n) is 6.80. The van der Waals surface area contributed by atoms with Crippen LogP contribution in [0.5, 0.6) is 5.75 Å². The van der Waals surface area contributed by atoms with Crippen LogP contribution in [0.3, 0.4) is 0 Å². The number of aryl methyl sites for hydroxylation is 2. The van der Waals surface area contributed by atoms with Gasteiger partial charge in [-0.2, -0.15) is 0 Å². The molecular formula is C21H26O3. The van der Waals surface area contributed by atoms with Gasteiger partial charge in [-0.05, 0) is 56.5 Å². The molecule has 0 amide bonds. The van der Waals surface area contributed by atoms with E-state index in [0.29, 0.717) is 13.0 Å². The molecule has 2 aromatic rings. The van der Waals surface area contributed by atoms with Crippen LogP contribution < -0.4 is 4.74 Å². The van der Waals surface area contributed by atoms with E-state index in [1.54, 1.807) is 0 Å². The van der Waals surface area contributed by atoms with Crippen LogP contribution in [-0.2, 0) is 9.53 Å². The van der Waals surface area contributed by atoms with Gasteiger partial charge in [0.25, 0.3) is 0 Å². The maximum atomic E-state index is 11.1. The fraction of sp³-hybridized carbons (Fsp3) is 0.381. The van der Waals surface area contributed by atoms with Gasteiger partial charge in [0.15, 0.2) is 0 Å². The van der Waals surface area contributed by atoms with E-state index in [1.807, 2.05) is 19.9 Å². The molecule has 2 aromatic carbocycles. The number of esters is 1. The molecule has 0 saturated carbocycles. The molecule has 0 aliphatic rings. The minimum atomic E-state index is -0.512. The quantitative estimate of drug-likeness (QED) is 0.694. The SMILES string of the molecule is CC(=O)OC(C)(C)CCOc1ccc(-c2cccc(C)c2)c(C)c1. The van der Waals surface area contributed by atoms with Crippen LogP contribution in [-0.4, -0.2) is 18.2 Å². The van der Waals surface area contributed by atoms with Crippen LogP contribution in [0.2, 0.25) is 0 Å². The van der Waals surface area contributed by atoms with Gasteiger partial charge < -0.3 is 9.47 Å². The number of carbonyl (C=O) groups is 1. The first-order valence-electron chi connectivity index (χ1n) is 8.27. The average Bonchev–Trinajstić information content (AvgIpc) is 2.45. The van der Waals surface area contributed by atoms with Crippen molar-refractivity contribution in [1.82, 2.24) is 0 Å². The average molecular weight is 326 g/mol. The minimum Gasteiger partial charge on any atom is -0.493 e. The van der Waals surface area contributed by atoms with Crippen molar-refractivity contribution in [3.8, 4) is 16.9 Å². The Hall–Kier alpha value is -2.29. The Morgan fingerprint density at radius 2 is 1.83 bits per heavy atom. The van der Waals surface area contributed by atoms with Gasteiger partial charge in [0.1, 0.15) is 11.4 Å². The zero-order valence-electron chi connectivity index (χ0n) is 15.2. The predicted molar refractivity (Wildman–Crippen MR) is 97.3 cm³/mol. The highest BCUT2D eigenvalue weighted by molar-refractivity contribution is 5.68. The summed E-state index contributed by atoms with van der Waals surface area (Å²) >= 11 is 0. The number of carbonyl (C=O) groups excluding carboxylic acids is 1. The maximum Gasteiger partial charge on any atom is 0.303 e.